The van der Waals surface area contributed by atoms with Gasteiger partial charge in [0.25, 0.3) is 0 Å². The molecule has 8 nitrogen and oxygen atoms in total. The summed E-state index contributed by atoms with van der Waals surface area (Å²) < 4.78 is 27.4. The molecule has 0 spiro atoms. The van der Waals surface area contributed by atoms with Gasteiger partial charge >= 0.3 is 0 Å². The van der Waals surface area contributed by atoms with Crippen LogP contribution < -0.4 is 14.8 Å². The summed E-state index contributed by atoms with van der Waals surface area (Å²) in [4.78, 5) is 12.4. The Bertz CT molecular complexity index is 1190. The first kappa shape index (κ1) is 22.4. The highest BCUT2D eigenvalue weighted by molar-refractivity contribution is 6.32. The largest absolute Gasteiger partial charge is 0.506 e. The minimum absolute atomic E-state index is 0. The van der Waals surface area contributed by atoms with E-state index in [0.29, 0.717) is 41.4 Å². The third-order valence-electron chi connectivity index (χ3n) is 4.38. The quantitative estimate of drug-likeness (QED) is 0.412. The van der Waals surface area contributed by atoms with E-state index < -0.39 is 5.82 Å². The minimum Gasteiger partial charge on any atom is -0.506 e. The molecule has 2 aromatic carbocycles. The number of fused-ring (bicyclic) bond motifs is 1. The summed E-state index contributed by atoms with van der Waals surface area (Å²) in [6.07, 6.45) is 6.60. The van der Waals surface area contributed by atoms with Crippen LogP contribution in [0.2, 0.25) is 5.02 Å². The Balaban J connectivity index is 0.00000272. The average molecular weight is 466 g/mol. The molecular formula is C20H18Cl2FN5O3. The second-order valence-corrected chi connectivity index (χ2v) is 6.71. The predicted octanol–water partition coefficient (Wildman–Crippen LogP) is 4.58. The highest BCUT2D eigenvalue weighted by Crippen LogP contribution is 2.36. The van der Waals surface area contributed by atoms with Gasteiger partial charge < -0.3 is 24.5 Å². The zero-order valence-corrected chi connectivity index (χ0v) is 17.8. The monoisotopic (exact) mass is 465 g/mol. The number of hydrogen-bond acceptors (Lipinski definition) is 7. The van der Waals surface area contributed by atoms with Crippen molar-refractivity contribution in [3.63, 3.8) is 0 Å². The molecule has 0 saturated carbocycles. The number of ether oxygens (including phenoxy) is 2. The number of aromatic nitrogens is 4. The van der Waals surface area contributed by atoms with Gasteiger partial charge in [-0.3, -0.25) is 0 Å². The normalized spacial score (nSPS) is 10.5. The molecule has 2 N–H and O–H groups in total. The molecule has 2 heterocycles. The molecular weight excluding hydrogens is 448 g/mol. The number of nitrogens with one attached hydrogen (secondary N) is 1. The highest BCUT2D eigenvalue weighted by atomic mass is 35.5. The maximum atomic E-state index is 14.2. The van der Waals surface area contributed by atoms with E-state index in [4.69, 9.17) is 21.1 Å². The molecule has 4 rings (SSSR count). The number of nitrogens with zero attached hydrogens (tertiary/aromatic N) is 4. The van der Waals surface area contributed by atoms with Gasteiger partial charge in [0.2, 0.25) is 0 Å². The molecule has 0 bridgehead atoms. The minimum atomic E-state index is -0.629. The van der Waals surface area contributed by atoms with Crippen LogP contribution in [0.25, 0.3) is 10.9 Å². The van der Waals surface area contributed by atoms with Gasteiger partial charge in [0.05, 0.1) is 36.2 Å². The molecule has 0 radical (unpaired) electrons. The van der Waals surface area contributed by atoms with Gasteiger partial charge in [0, 0.05) is 29.9 Å². The summed E-state index contributed by atoms with van der Waals surface area (Å²) >= 11 is 5.74. The molecule has 162 valence electrons. The second-order valence-electron chi connectivity index (χ2n) is 6.30. The van der Waals surface area contributed by atoms with E-state index in [-0.39, 0.29) is 28.9 Å². The maximum Gasteiger partial charge on any atom is 0.163 e. The first-order valence-electron chi connectivity index (χ1n) is 8.91. The van der Waals surface area contributed by atoms with Gasteiger partial charge in [-0.05, 0) is 12.1 Å². The zero-order valence-electron chi connectivity index (χ0n) is 16.2. The van der Waals surface area contributed by atoms with Crippen LogP contribution in [-0.4, -0.2) is 38.3 Å². The fourth-order valence-electron chi connectivity index (χ4n) is 2.88. The second kappa shape index (κ2) is 9.67. The Morgan fingerprint density at radius 2 is 2.03 bits per heavy atom. The van der Waals surface area contributed by atoms with Crippen molar-refractivity contribution in [2.24, 2.45) is 0 Å². The molecule has 0 atom stereocenters. The summed E-state index contributed by atoms with van der Waals surface area (Å²) in [5.74, 6) is 0.459. The molecule has 11 heteroatoms. The number of halogens is 3. The lowest BCUT2D eigenvalue weighted by Gasteiger charge is -2.14. The van der Waals surface area contributed by atoms with E-state index in [2.05, 4.69) is 20.3 Å². The summed E-state index contributed by atoms with van der Waals surface area (Å²) in [6.45, 7) is 1.03. The number of hydrogen-bond donors (Lipinski definition) is 2. The number of rotatable bonds is 7. The van der Waals surface area contributed by atoms with Crippen LogP contribution >= 0.6 is 24.0 Å². The van der Waals surface area contributed by atoms with Crippen LogP contribution in [0, 0.1) is 5.82 Å². The van der Waals surface area contributed by atoms with E-state index in [1.165, 1.54) is 19.5 Å². The van der Waals surface area contributed by atoms with Gasteiger partial charge in [-0.25, -0.2) is 19.3 Å². The molecule has 0 aliphatic rings. The Labute approximate surface area is 188 Å². The first-order valence-corrected chi connectivity index (χ1v) is 9.29. The number of benzene rings is 2. The van der Waals surface area contributed by atoms with Crippen LogP contribution in [0.3, 0.4) is 0 Å². The predicted molar refractivity (Wildman–Crippen MR) is 117 cm³/mol. The maximum absolute atomic E-state index is 14.2. The Kier molecular flexibility index (Phi) is 6.98. The van der Waals surface area contributed by atoms with E-state index in [9.17, 15) is 9.50 Å². The smallest absolute Gasteiger partial charge is 0.163 e. The number of anilines is 2. The first-order chi connectivity index (χ1) is 14.5. The standard InChI is InChI=1S/C20H17ClFN5O3.ClH/c1-29-18-6-12-15(9-19(18)30-5-4-27-3-2-23-11-27)24-10-25-20(12)26-16-8-17(28)13(21)7-14(16)22;/h2-3,6-11,28H,4-5H2,1H3,(H,24,25,26);1H. The fraction of sp³-hybridized carbons (Fsp3) is 0.150. The third-order valence-corrected chi connectivity index (χ3v) is 4.68. The fourth-order valence-corrected chi connectivity index (χ4v) is 3.03. The Hall–Kier alpha value is -3.30. The highest BCUT2D eigenvalue weighted by Gasteiger charge is 2.14. The van der Waals surface area contributed by atoms with Crippen molar-refractivity contribution in [1.82, 2.24) is 19.5 Å². The van der Waals surface area contributed by atoms with Crippen molar-refractivity contribution in [3.05, 3.63) is 60.2 Å². The Morgan fingerprint density at radius 3 is 2.77 bits per heavy atom. The average Bonchev–Trinajstić information content (AvgIpc) is 3.25. The lowest BCUT2D eigenvalue weighted by molar-refractivity contribution is 0.280. The van der Waals surface area contributed by atoms with Gasteiger partial charge in [-0.1, -0.05) is 11.6 Å². The van der Waals surface area contributed by atoms with Crippen molar-refractivity contribution in [2.75, 3.05) is 19.0 Å². The number of phenolic OH excluding ortho intramolecular Hbond substituents is 1. The topological polar surface area (TPSA) is 94.3 Å². The van der Waals surface area contributed by atoms with Crippen molar-refractivity contribution in [3.8, 4) is 17.2 Å². The molecule has 0 aliphatic heterocycles. The van der Waals surface area contributed by atoms with E-state index in [0.717, 1.165) is 6.07 Å². The molecule has 0 amide bonds. The molecule has 2 aromatic heterocycles. The summed E-state index contributed by atoms with van der Waals surface area (Å²) in [6, 6.07) is 5.65. The van der Waals surface area contributed by atoms with E-state index >= 15 is 0 Å². The molecule has 4 aromatic rings. The molecule has 0 unspecified atom stereocenters. The number of methoxy groups -OCH3 is 1. The summed E-state index contributed by atoms with van der Waals surface area (Å²) in [5.41, 5.74) is 0.598. The van der Waals surface area contributed by atoms with Gasteiger partial charge in [0.1, 0.15) is 30.3 Å². The lowest BCUT2D eigenvalue weighted by atomic mass is 10.2. The van der Waals surface area contributed by atoms with Crippen molar-refractivity contribution >= 4 is 46.4 Å². The van der Waals surface area contributed by atoms with Crippen molar-refractivity contribution < 1.29 is 19.0 Å². The van der Waals surface area contributed by atoms with Crippen LogP contribution in [0.5, 0.6) is 17.2 Å². The summed E-state index contributed by atoms with van der Waals surface area (Å²) in [5, 5.41) is 13.1. The van der Waals surface area contributed by atoms with E-state index in [1.807, 2.05) is 10.8 Å². The molecule has 0 fully saturated rings. The number of phenols is 1. The van der Waals surface area contributed by atoms with E-state index in [1.54, 1.807) is 24.7 Å². The molecule has 0 saturated heterocycles. The third kappa shape index (κ3) is 4.89. The Morgan fingerprint density at radius 1 is 1.19 bits per heavy atom. The molecule has 31 heavy (non-hydrogen) atoms. The van der Waals surface area contributed by atoms with Gasteiger partial charge in [-0.2, -0.15) is 0 Å². The lowest BCUT2D eigenvalue weighted by Crippen LogP contribution is -2.07. The number of imidazole rings is 1. The van der Waals surface area contributed by atoms with Crippen molar-refractivity contribution in [2.45, 2.75) is 6.54 Å². The zero-order chi connectivity index (χ0) is 21.1. The van der Waals surface area contributed by atoms with Crippen LogP contribution in [0.1, 0.15) is 0 Å². The molecule has 0 aliphatic carbocycles. The SMILES string of the molecule is COc1cc2c(Nc3cc(O)c(Cl)cc3F)ncnc2cc1OCCn1ccnc1.Cl. The van der Waals surface area contributed by atoms with Crippen LogP contribution in [-0.2, 0) is 6.54 Å². The van der Waals surface area contributed by atoms with Gasteiger partial charge in [0.15, 0.2) is 11.5 Å². The van der Waals surface area contributed by atoms with Crippen molar-refractivity contribution in [1.29, 1.82) is 0 Å². The number of aromatic hydroxyl groups is 1. The van der Waals surface area contributed by atoms with Gasteiger partial charge in [-0.15, -0.1) is 12.4 Å². The summed E-state index contributed by atoms with van der Waals surface area (Å²) in [7, 11) is 1.53. The van der Waals surface area contributed by atoms with Crippen LogP contribution in [0.4, 0.5) is 15.9 Å². The van der Waals surface area contributed by atoms with Crippen LogP contribution in [0.15, 0.2) is 49.3 Å².